The van der Waals surface area contributed by atoms with Gasteiger partial charge < -0.3 is 0 Å². The zero-order valence-electron chi connectivity index (χ0n) is 15.2. The number of hydrogen-bond acceptors (Lipinski definition) is 4. The maximum Gasteiger partial charge on any atom is 0.247 e. The number of pyridine rings is 1. The Morgan fingerprint density at radius 2 is 1.86 bits per heavy atom. The van der Waals surface area contributed by atoms with Crippen molar-refractivity contribution in [2.24, 2.45) is 5.10 Å². The Balaban J connectivity index is 1.81. The van der Waals surface area contributed by atoms with Crippen LogP contribution < -0.4 is 0 Å². The Bertz CT molecular complexity index is 1210. The summed E-state index contributed by atoms with van der Waals surface area (Å²) >= 11 is 9.88. The molecular weight excluding hydrogens is 462 g/mol. The maximum atomic E-state index is 12.4. The summed E-state index contributed by atoms with van der Waals surface area (Å²) in [6, 6.07) is 14.9. The first-order valence-electron chi connectivity index (χ1n) is 8.62. The van der Waals surface area contributed by atoms with Gasteiger partial charge in [-0.15, -0.1) is 0 Å². The van der Waals surface area contributed by atoms with Crippen molar-refractivity contribution in [3.63, 3.8) is 0 Å². The fourth-order valence-electron chi connectivity index (χ4n) is 3.37. The lowest BCUT2D eigenvalue weighted by atomic mass is 9.99. The summed E-state index contributed by atoms with van der Waals surface area (Å²) in [5, 5.41) is 5.63. The number of hydrazone groups is 1. The van der Waals surface area contributed by atoms with E-state index >= 15 is 0 Å². The minimum Gasteiger partial charge on any atom is -0.236 e. The summed E-state index contributed by atoms with van der Waals surface area (Å²) in [7, 11) is -3.58. The van der Waals surface area contributed by atoms with Gasteiger partial charge in [-0.25, -0.2) is 13.4 Å². The van der Waals surface area contributed by atoms with Crippen molar-refractivity contribution in [2.45, 2.75) is 19.4 Å². The molecule has 1 unspecified atom stereocenters. The second kappa shape index (κ2) is 7.13. The van der Waals surface area contributed by atoms with E-state index in [9.17, 15) is 8.42 Å². The van der Waals surface area contributed by atoms with Crippen molar-refractivity contribution < 1.29 is 8.42 Å². The summed E-state index contributed by atoms with van der Waals surface area (Å²) in [5.74, 6) is 0. The molecule has 3 aromatic rings. The standard InChI is InChI=1S/C20H17BrClN3O2S/c1-12-3-8-17-14(9-12)10-16(20(22)23-17)19-11-18(24-25(19)28(2,26)27)13-4-6-15(21)7-5-13/h3-10,19H,11H2,1-2H3. The highest BCUT2D eigenvalue weighted by Crippen LogP contribution is 2.38. The lowest BCUT2D eigenvalue weighted by Crippen LogP contribution is -2.26. The Morgan fingerprint density at radius 3 is 2.54 bits per heavy atom. The zero-order chi connectivity index (χ0) is 20.1. The van der Waals surface area contributed by atoms with Crippen LogP contribution >= 0.6 is 27.5 Å². The Morgan fingerprint density at radius 1 is 1.14 bits per heavy atom. The number of sulfonamides is 1. The number of benzene rings is 2. The van der Waals surface area contributed by atoms with Crippen molar-refractivity contribution in [3.05, 3.63) is 74.8 Å². The highest BCUT2D eigenvalue weighted by atomic mass is 79.9. The fourth-order valence-corrected chi connectivity index (χ4v) is 4.80. The van der Waals surface area contributed by atoms with E-state index in [-0.39, 0.29) is 0 Å². The van der Waals surface area contributed by atoms with Crippen LogP contribution in [-0.2, 0) is 10.0 Å². The van der Waals surface area contributed by atoms with Crippen LogP contribution in [0.3, 0.4) is 0 Å². The highest BCUT2D eigenvalue weighted by Gasteiger charge is 2.36. The molecule has 5 nitrogen and oxygen atoms in total. The second-order valence-electron chi connectivity index (χ2n) is 6.87. The number of nitrogens with zero attached hydrogens (tertiary/aromatic N) is 3. The molecule has 0 fully saturated rings. The summed E-state index contributed by atoms with van der Waals surface area (Å²) < 4.78 is 26.9. The van der Waals surface area contributed by atoms with Gasteiger partial charge in [-0.2, -0.15) is 9.52 Å². The van der Waals surface area contributed by atoms with Crippen molar-refractivity contribution in [1.82, 2.24) is 9.40 Å². The van der Waals surface area contributed by atoms with Crippen LogP contribution in [0.25, 0.3) is 10.9 Å². The first kappa shape index (κ1) is 19.4. The van der Waals surface area contributed by atoms with Gasteiger partial charge in [-0.05, 0) is 42.8 Å². The lowest BCUT2D eigenvalue weighted by Gasteiger charge is -2.22. The van der Waals surface area contributed by atoms with Crippen molar-refractivity contribution >= 4 is 54.2 Å². The van der Waals surface area contributed by atoms with Gasteiger partial charge in [0.25, 0.3) is 0 Å². The molecule has 0 bridgehead atoms. The van der Waals surface area contributed by atoms with Gasteiger partial charge >= 0.3 is 0 Å². The first-order valence-corrected chi connectivity index (χ1v) is 11.6. The van der Waals surface area contributed by atoms with E-state index in [1.54, 1.807) is 0 Å². The number of halogens is 2. The Hall–Kier alpha value is -1.96. The third-order valence-electron chi connectivity index (χ3n) is 4.70. The molecule has 28 heavy (non-hydrogen) atoms. The van der Waals surface area contributed by atoms with Crippen LogP contribution in [0.5, 0.6) is 0 Å². The summed E-state index contributed by atoms with van der Waals surface area (Å²) in [6.07, 6.45) is 1.58. The number of hydrogen-bond donors (Lipinski definition) is 0. The molecule has 1 aliphatic heterocycles. The molecule has 0 radical (unpaired) electrons. The number of rotatable bonds is 3. The molecule has 0 saturated carbocycles. The largest absolute Gasteiger partial charge is 0.247 e. The van der Waals surface area contributed by atoms with Gasteiger partial charge in [-0.1, -0.05) is 51.3 Å². The summed E-state index contributed by atoms with van der Waals surface area (Å²) in [6.45, 7) is 2.00. The minimum absolute atomic E-state index is 0.294. The quantitative estimate of drug-likeness (QED) is 0.494. The molecule has 0 N–H and O–H groups in total. The van der Waals surface area contributed by atoms with E-state index in [1.807, 2.05) is 55.5 Å². The summed E-state index contributed by atoms with van der Waals surface area (Å²) in [4.78, 5) is 4.47. The molecule has 0 saturated heterocycles. The molecule has 0 aliphatic carbocycles. The van der Waals surface area contributed by atoms with Crippen molar-refractivity contribution in [2.75, 3.05) is 6.26 Å². The SMILES string of the molecule is Cc1ccc2nc(Cl)c(C3CC(c4ccc(Br)cc4)=NN3S(C)(=O)=O)cc2c1. The fraction of sp³-hybridized carbons (Fsp3) is 0.200. The van der Waals surface area contributed by atoms with Crippen LogP contribution in [-0.4, -0.2) is 29.8 Å². The zero-order valence-corrected chi connectivity index (χ0v) is 18.4. The molecule has 1 aliphatic rings. The molecule has 0 spiro atoms. The van der Waals surface area contributed by atoms with E-state index in [1.165, 1.54) is 0 Å². The van der Waals surface area contributed by atoms with E-state index in [0.717, 1.165) is 37.2 Å². The molecule has 2 aromatic carbocycles. The predicted molar refractivity (Wildman–Crippen MR) is 116 cm³/mol. The van der Waals surface area contributed by atoms with Crippen molar-refractivity contribution in [3.8, 4) is 0 Å². The number of aromatic nitrogens is 1. The molecule has 2 heterocycles. The van der Waals surface area contributed by atoms with Gasteiger partial charge in [0, 0.05) is 21.8 Å². The van der Waals surface area contributed by atoms with Crippen LogP contribution in [0.1, 0.15) is 29.2 Å². The van der Waals surface area contributed by atoms with Crippen molar-refractivity contribution in [1.29, 1.82) is 0 Å². The molecule has 144 valence electrons. The highest BCUT2D eigenvalue weighted by molar-refractivity contribution is 9.10. The monoisotopic (exact) mass is 477 g/mol. The average molecular weight is 479 g/mol. The molecular formula is C20H17BrClN3O2S. The van der Waals surface area contributed by atoms with E-state index in [4.69, 9.17) is 11.6 Å². The van der Waals surface area contributed by atoms with Gasteiger partial charge in [0.1, 0.15) is 5.15 Å². The van der Waals surface area contributed by atoms with Gasteiger partial charge in [0.05, 0.1) is 23.5 Å². The Labute approximate surface area is 177 Å². The molecule has 1 aromatic heterocycles. The predicted octanol–water partition coefficient (Wildman–Crippen LogP) is 5.07. The number of aryl methyl sites for hydroxylation is 1. The van der Waals surface area contributed by atoms with Gasteiger partial charge in [0.15, 0.2) is 0 Å². The van der Waals surface area contributed by atoms with Crippen LogP contribution in [0.4, 0.5) is 0 Å². The van der Waals surface area contributed by atoms with E-state index in [0.29, 0.717) is 22.8 Å². The van der Waals surface area contributed by atoms with Crippen LogP contribution in [0.2, 0.25) is 5.15 Å². The maximum absolute atomic E-state index is 12.4. The van der Waals surface area contributed by atoms with Crippen LogP contribution in [0, 0.1) is 6.92 Å². The van der Waals surface area contributed by atoms with Gasteiger partial charge in [0.2, 0.25) is 10.0 Å². The topological polar surface area (TPSA) is 62.6 Å². The van der Waals surface area contributed by atoms with E-state index < -0.39 is 16.1 Å². The average Bonchev–Trinajstić information content (AvgIpc) is 3.07. The normalized spacial score (nSPS) is 17.2. The smallest absolute Gasteiger partial charge is 0.236 e. The molecule has 1 atom stereocenters. The summed E-state index contributed by atoms with van der Waals surface area (Å²) in [5.41, 5.74) is 4.10. The van der Waals surface area contributed by atoms with Gasteiger partial charge in [-0.3, -0.25) is 0 Å². The van der Waals surface area contributed by atoms with Crippen LogP contribution in [0.15, 0.2) is 58.1 Å². The minimum atomic E-state index is -3.58. The third kappa shape index (κ3) is 3.66. The van der Waals surface area contributed by atoms with E-state index in [2.05, 4.69) is 26.0 Å². The third-order valence-corrected chi connectivity index (χ3v) is 6.55. The second-order valence-corrected chi connectivity index (χ2v) is 9.99. The molecule has 0 amide bonds. The molecule has 4 rings (SSSR count). The molecule has 8 heteroatoms. The Kier molecular flexibility index (Phi) is 4.93. The number of fused-ring (bicyclic) bond motifs is 1. The first-order chi connectivity index (χ1) is 13.2. The lowest BCUT2D eigenvalue weighted by molar-refractivity contribution is 0.374.